The standard InChI is InChI=1S/C26H32N4O3/c1-16(2)15-33-20-10-8-17(12-19(20)13-27)22-23(29-26(6,7)25(3,4)5)30-14-18(24(31)32)9-11-21(30)28-22/h8-12,14,16,29H,15H2,1-7H3,(H,31,32). The molecule has 174 valence electrons. The molecule has 33 heavy (non-hydrogen) atoms. The third-order valence-electron chi connectivity index (χ3n) is 6.12. The normalized spacial score (nSPS) is 12.1. The maximum absolute atomic E-state index is 11.6. The predicted molar refractivity (Wildman–Crippen MR) is 130 cm³/mol. The van der Waals surface area contributed by atoms with Gasteiger partial charge >= 0.3 is 5.97 Å². The number of carboxylic acid groups (broad SMARTS) is 1. The quantitative estimate of drug-likeness (QED) is 0.471. The number of nitrogens with one attached hydrogen (secondary N) is 1. The molecule has 3 aromatic rings. The van der Waals surface area contributed by atoms with Crippen molar-refractivity contribution in [2.45, 2.75) is 54.0 Å². The SMILES string of the molecule is CC(C)COc1ccc(-c2nc3ccc(C(=O)O)cn3c2NC(C)(C)C(C)(C)C)cc1C#N. The minimum absolute atomic E-state index is 0.106. The topological polar surface area (TPSA) is 99.7 Å². The van der Waals surface area contributed by atoms with Crippen LogP contribution in [-0.4, -0.2) is 32.6 Å². The minimum Gasteiger partial charge on any atom is -0.492 e. The van der Waals surface area contributed by atoms with E-state index in [1.165, 1.54) is 6.07 Å². The first-order chi connectivity index (χ1) is 15.3. The number of fused-ring (bicyclic) bond motifs is 1. The summed E-state index contributed by atoms with van der Waals surface area (Å²) in [4.78, 5) is 16.4. The Morgan fingerprint density at radius 2 is 1.91 bits per heavy atom. The van der Waals surface area contributed by atoms with Gasteiger partial charge in [-0.05, 0) is 55.5 Å². The van der Waals surface area contributed by atoms with Crippen molar-refractivity contribution in [3.05, 3.63) is 47.7 Å². The van der Waals surface area contributed by atoms with E-state index in [0.29, 0.717) is 41.0 Å². The fraction of sp³-hybridized carbons (Fsp3) is 0.423. The molecule has 0 saturated heterocycles. The number of aromatic nitrogens is 2. The van der Waals surface area contributed by atoms with Gasteiger partial charge in [0.1, 0.15) is 29.0 Å². The van der Waals surface area contributed by atoms with Gasteiger partial charge in [0, 0.05) is 17.3 Å². The van der Waals surface area contributed by atoms with Gasteiger partial charge in [0.15, 0.2) is 0 Å². The number of rotatable bonds is 7. The largest absolute Gasteiger partial charge is 0.492 e. The van der Waals surface area contributed by atoms with Crippen LogP contribution in [0.5, 0.6) is 5.75 Å². The molecule has 2 N–H and O–H groups in total. The summed E-state index contributed by atoms with van der Waals surface area (Å²) in [7, 11) is 0. The summed E-state index contributed by atoms with van der Waals surface area (Å²) in [5.41, 5.74) is 2.13. The second-order valence-corrected chi connectivity index (χ2v) is 10.3. The maximum Gasteiger partial charge on any atom is 0.337 e. The molecule has 0 spiro atoms. The van der Waals surface area contributed by atoms with Crippen LogP contribution in [0.2, 0.25) is 0 Å². The molecular weight excluding hydrogens is 416 g/mol. The van der Waals surface area contributed by atoms with Crippen molar-refractivity contribution >= 4 is 17.4 Å². The van der Waals surface area contributed by atoms with Crippen molar-refractivity contribution in [1.82, 2.24) is 9.38 Å². The molecule has 3 rings (SSSR count). The number of aromatic carboxylic acids is 1. The summed E-state index contributed by atoms with van der Waals surface area (Å²) in [6.07, 6.45) is 1.57. The highest BCUT2D eigenvalue weighted by molar-refractivity contribution is 5.88. The minimum atomic E-state index is -1.01. The number of carboxylic acids is 1. The van der Waals surface area contributed by atoms with E-state index < -0.39 is 5.97 Å². The molecular formula is C26H32N4O3. The lowest BCUT2D eigenvalue weighted by Crippen LogP contribution is -2.44. The zero-order valence-electron chi connectivity index (χ0n) is 20.4. The zero-order chi connectivity index (χ0) is 24.6. The smallest absolute Gasteiger partial charge is 0.337 e. The number of nitriles is 1. The summed E-state index contributed by atoms with van der Waals surface area (Å²) in [6.45, 7) is 15.2. The number of hydrogen-bond donors (Lipinski definition) is 2. The number of ether oxygens (including phenoxy) is 1. The highest BCUT2D eigenvalue weighted by atomic mass is 16.5. The monoisotopic (exact) mass is 448 g/mol. The van der Waals surface area contributed by atoms with Gasteiger partial charge in [-0.1, -0.05) is 34.6 Å². The molecule has 0 aliphatic heterocycles. The van der Waals surface area contributed by atoms with Crippen molar-refractivity contribution in [2.24, 2.45) is 11.3 Å². The maximum atomic E-state index is 11.6. The molecule has 0 fully saturated rings. The van der Waals surface area contributed by atoms with Gasteiger partial charge in [-0.15, -0.1) is 0 Å². The lowest BCUT2D eigenvalue weighted by atomic mass is 9.76. The molecule has 7 heteroatoms. The van der Waals surface area contributed by atoms with E-state index in [1.54, 1.807) is 28.8 Å². The fourth-order valence-corrected chi connectivity index (χ4v) is 3.12. The zero-order valence-corrected chi connectivity index (χ0v) is 20.4. The van der Waals surface area contributed by atoms with Gasteiger partial charge in [-0.25, -0.2) is 9.78 Å². The molecule has 0 radical (unpaired) electrons. The van der Waals surface area contributed by atoms with Crippen LogP contribution in [0.3, 0.4) is 0 Å². The molecule has 0 amide bonds. The number of anilines is 1. The second kappa shape index (κ2) is 8.78. The van der Waals surface area contributed by atoms with E-state index in [9.17, 15) is 15.2 Å². The van der Waals surface area contributed by atoms with Crippen LogP contribution < -0.4 is 10.1 Å². The van der Waals surface area contributed by atoms with Crippen molar-refractivity contribution in [1.29, 1.82) is 5.26 Å². The highest BCUT2D eigenvalue weighted by Gasteiger charge is 2.34. The Hall–Kier alpha value is -3.53. The predicted octanol–water partition coefficient (Wildman–Crippen LogP) is 5.84. The summed E-state index contributed by atoms with van der Waals surface area (Å²) in [6, 6.07) is 10.9. The van der Waals surface area contributed by atoms with Crippen LogP contribution in [0.1, 0.15) is 64.4 Å². The van der Waals surface area contributed by atoms with Gasteiger partial charge in [-0.2, -0.15) is 5.26 Å². The van der Waals surface area contributed by atoms with Crippen LogP contribution in [0.25, 0.3) is 16.9 Å². The first-order valence-electron chi connectivity index (χ1n) is 11.0. The lowest BCUT2D eigenvalue weighted by molar-refractivity contribution is 0.0696. The van der Waals surface area contributed by atoms with Crippen molar-refractivity contribution < 1.29 is 14.6 Å². The van der Waals surface area contributed by atoms with Crippen LogP contribution in [0.15, 0.2) is 36.5 Å². The van der Waals surface area contributed by atoms with E-state index in [-0.39, 0.29) is 16.5 Å². The molecule has 0 aliphatic rings. The van der Waals surface area contributed by atoms with E-state index in [2.05, 4.69) is 59.9 Å². The van der Waals surface area contributed by atoms with Gasteiger partial charge in [0.2, 0.25) is 0 Å². The number of benzene rings is 1. The lowest BCUT2D eigenvalue weighted by Gasteiger charge is -2.40. The number of carbonyl (C=O) groups is 1. The van der Waals surface area contributed by atoms with Crippen LogP contribution >= 0.6 is 0 Å². The third kappa shape index (κ3) is 4.95. The summed E-state index contributed by atoms with van der Waals surface area (Å²) in [5, 5.41) is 22.8. The summed E-state index contributed by atoms with van der Waals surface area (Å²) in [5.74, 6) is 0.546. The molecule has 1 aromatic carbocycles. The van der Waals surface area contributed by atoms with Gasteiger partial charge in [-0.3, -0.25) is 4.40 Å². The molecule has 0 atom stereocenters. The molecule has 0 saturated carbocycles. The van der Waals surface area contributed by atoms with Gasteiger partial charge in [0.05, 0.1) is 17.7 Å². The Kier molecular flexibility index (Phi) is 6.42. The average Bonchev–Trinajstić information content (AvgIpc) is 3.08. The van der Waals surface area contributed by atoms with E-state index >= 15 is 0 Å². The molecule has 7 nitrogen and oxygen atoms in total. The number of imidazole rings is 1. The van der Waals surface area contributed by atoms with Crippen molar-refractivity contribution in [3.63, 3.8) is 0 Å². The molecule has 2 heterocycles. The van der Waals surface area contributed by atoms with Crippen LogP contribution in [0.4, 0.5) is 5.82 Å². The van der Waals surface area contributed by atoms with Gasteiger partial charge < -0.3 is 15.2 Å². The van der Waals surface area contributed by atoms with Gasteiger partial charge in [0.25, 0.3) is 0 Å². The number of hydrogen-bond acceptors (Lipinski definition) is 5. The molecule has 2 aromatic heterocycles. The first-order valence-corrected chi connectivity index (χ1v) is 11.0. The Bertz CT molecular complexity index is 1230. The van der Waals surface area contributed by atoms with Crippen molar-refractivity contribution in [2.75, 3.05) is 11.9 Å². The Morgan fingerprint density at radius 1 is 1.21 bits per heavy atom. The van der Waals surface area contributed by atoms with E-state index in [0.717, 1.165) is 5.56 Å². The number of pyridine rings is 1. The Morgan fingerprint density at radius 3 is 2.48 bits per heavy atom. The van der Waals surface area contributed by atoms with Crippen LogP contribution in [-0.2, 0) is 0 Å². The van der Waals surface area contributed by atoms with Crippen molar-refractivity contribution in [3.8, 4) is 23.1 Å². The average molecular weight is 449 g/mol. The van der Waals surface area contributed by atoms with E-state index in [1.807, 2.05) is 6.07 Å². The number of nitrogens with zero attached hydrogens (tertiary/aromatic N) is 3. The third-order valence-corrected chi connectivity index (χ3v) is 6.12. The van der Waals surface area contributed by atoms with Crippen LogP contribution in [0, 0.1) is 22.7 Å². The first kappa shape index (κ1) is 24.1. The van der Waals surface area contributed by atoms with E-state index in [4.69, 9.17) is 9.72 Å². The molecule has 0 bridgehead atoms. The Balaban J connectivity index is 2.20. The second-order valence-electron chi connectivity index (χ2n) is 10.3. The molecule has 0 unspecified atom stereocenters. The highest BCUT2D eigenvalue weighted by Crippen LogP contribution is 2.38. The fourth-order valence-electron chi connectivity index (χ4n) is 3.12. The summed E-state index contributed by atoms with van der Waals surface area (Å²) < 4.78 is 7.57. The Labute approximate surface area is 195 Å². The molecule has 0 aliphatic carbocycles. The summed E-state index contributed by atoms with van der Waals surface area (Å²) >= 11 is 0.